The van der Waals surface area contributed by atoms with Crippen LogP contribution in [0.3, 0.4) is 0 Å². The summed E-state index contributed by atoms with van der Waals surface area (Å²) in [5, 5.41) is 12.7. The normalized spacial score (nSPS) is 24.4. The van der Waals surface area contributed by atoms with Gasteiger partial charge < -0.3 is 24.1 Å². The van der Waals surface area contributed by atoms with Gasteiger partial charge in [0.1, 0.15) is 0 Å². The lowest BCUT2D eigenvalue weighted by Gasteiger charge is -2.53. The number of hydrogen-bond donors (Lipinski definition) is 2. The van der Waals surface area contributed by atoms with Crippen LogP contribution in [0, 0.1) is 0 Å². The number of aliphatic hydroxyl groups excluding tert-OH is 1. The first-order chi connectivity index (χ1) is 22.3. The molecule has 1 aromatic rings. The van der Waals surface area contributed by atoms with Gasteiger partial charge in [0, 0.05) is 13.1 Å². The van der Waals surface area contributed by atoms with Gasteiger partial charge in [-0.15, -0.1) is 0 Å². The molecule has 3 N–H and O–H groups in total. The molecule has 1 aliphatic heterocycles. The fourth-order valence-electron chi connectivity index (χ4n) is 6.61. The number of piperidine rings is 1. The number of rotatable bonds is 13. The van der Waals surface area contributed by atoms with Crippen molar-refractivity contribution in [1.82, 2.24) is 4.90 Å². The van der Waals surface area contributed by atoms with Gasteiger partial charge in [0.15, 0.2) is 25.0 Å². The second-order valence-corrected chi connectivity index (χ2v) is 34.4. The van der Waals surface area contributed by atoms with Gasteiger partial charge in [-0.3, -0.25) is 4.90 Å². The van der Waals surface area contributed by atoms with E-state index in [1.807, 2.05) is 0 Å². The van der Waals surface area contributed by atoms with E-state index in [1.54, 1.807) is 0 Å². The van der Waals surface area contributed by atoms with E-state index in [0.29, 0.717) is 19.1 Å². The van der Waals surface area contributed by atoms with Gasteiger partial charge in [-0.05, 0) is 109 Å². The largest absolute Gasteiger partial charge is 0.415 e. The summed E-state index contributed by atoms with van der Waals surface area (Å²) < 4.78 is 21.4. The number of aliphatic hydroxyl groups is 1. The highest BCUT2D eigenvalue weighted by molar-refractivity contribution is 6.75. The van der Waals surface area contributed by atoms with E-state index in [9.17, 15) is 5.11 Å². The quantitative estimate of drug-likeness (QED) is 0.197. The van der Waals surface area contributed by atoms with E-state index < -0.39 is 37.2 Å². The molecule has 1 saturated heterocycles. The minimum atomic E-state index is -2.23. The lowest BCUT2D eigenvalue weighted by Crippen LogP contribution is -2.68. The van der Waals surface area contributed by atoms with Gasteiger partial charge in [0.25, 0.3) is 0 Å². The summed E-state index contributed by atoms with van der Waals surface area (Å²) >= 11 is 0. The molecule has 0 spiro atoms. The molecule has 4 atom stereocenters. The first-order valence-electron chi connectivity index (χ1n) is 19.5. The predicted molar refractivity (Wildman–Crippen MR) is 217 cm³/mol. The first kappa shape index (κ1) is 43.0. The summed E-state index contributed by atoms with van der Waals surface area (Å²) in [4.78, 5) is 2.50. The Bertz CT molecular complexity index is 1200. The third kappa shape index (κ3) is 11.1. The Hall–Kier alpha value is -0.369. The number of likely N-dealkylation sites (tertiary alicyclic amines) is 1. The molecule has 0 amide bonds. The second-order valence-electron chi connectivity index (χ2n) is 20.1. The van der Waals surface area contributed by atoms with E-state index in [1.165, 1.54) is 48.8 Å². The van der Waals surface area contributed by atoms with E-state index in [2.05, 4.69) is 125 Å². The monoisotopic (exact) mass is 735 g/mol. The van der Waals surface area contributed by atoms with Gasteiger partial charge in [-0.25, -0.2) is 0 Å². The summed E-state index contributed by atoms with van der Waals surface area (Å²) in [5.41, 5.74) is 10.3. The van der Waals surface area contributed by atoms with Crippen molar-refractivity contribution in [2.45, 2.75) is 192 Å². The molecule has 3 rings (SSSR count). The van der Waals surface area contributed by atoms with Crippen LogP contribution in [0.5, 0.6) is 0 Å². The van der Waals surface area contributed by atoms with Gasteiger partial charge >= 0.3 is 0 Å². The molecule has 9 heteroatoms. The molecule has 2 fully saturated rings. The van der Waals surface area contributed by atoms with Crippen molar-refractivity contribution in [3.63, 3.8) is 0 Å². The van der Waals surface area contributed by atoms with Gasteiger partial charge in [-0.2, -0.15) is 0 Å². The Morgan fingerprint density at radius 1 is 0.735 bits per heavy atom. The zero-order valence-corrected chi connectivity index (χ0v) is 37.6. The molecule has 1 saturated carbocycles. The summed E-state index contributed by atoms with van der Waals surface area (Å²) in [5.74, 6) is 0.656. The minimum absolute atomic E-state index is 0.0170. The summed E-state index contributed by atoms with van der Waals surface area (Å²) in [6, 6.07) is 7.12. The van der Waals surface area contributed by atoms with Crippen molar-refractivity contribution in [3.8, 4) is 0 Å². The average molecular weight is 735 g/mol. The van der Waals surface area contributed by atoms with E-state index in [-0.39, 0.29) is 27.3 Å². The average Bonchev–Trinajstić information content (AvgIpc) is 2.96. The summed E-state index contributed by atoms with van der Waals surface area (Å²) in [7, 11) is -6.47. The van der Waals surface area contributed by atoms with Crippen LogP contribution >= 0.6 is 0 Å². The molecule has 0 bridgehead atoms. The van der Waals surface area contributed by atoms with Crippen molar-refractivity contribution in [2.24, 2.45) is 5.73 Å². The maximum Gasteiger partial charge on any atom is 0.192 e. The Labute approximate surface area is 306 Å². The highest BCUT2D eigenvalue weighted by atomic mass is 28.4. The molecule has 2 aliphatic rings. The molecular formula is C40H78N2O4Si3. The lowest BCUT2D eigenvalue weighted by atomic mass is 9.82. The zero-order chi connectivity index (χ0) is 37.2. The molecule has 49 heavy (non-hydrogen) atoms. The SMILES string of the molecule is CC(C)(C)[Si](C)(C)OC[C@@H]1[C@@H](O)C(O[Si](C)(C)C(C)(C)C)C(O[Si](C)(C)C(C)(C)C)CN1CCc1cc(CCN)cc(C2CCCCC2)c1. The van der Waals surface area contributed by atoms with E-state index in [0.717, 1.165) is 25.9 Å². The van der Waals surface area contributed by atoms with Gasteiger partial charge in [-0.1, -0.05) is 99.8 Å². The summed E-state index contributed by atoms with van der Waals surface area (Å²) in [6.07, 6.45) is 7.10. The van der Waals surface area contributed by atoms with Crippen LogP contribution in [0.15, 0.2) is 18.2 Å². The van der Waals surface area contributed by atoms with E-state index in [4.69, 9.17) is 19.0 Å². The van der Waals surface area contributed by atoms with Crippen LogP contribution in [0.25, 0.3) is 0 Å². The highest BCUT2D eigenvalue weighted by Crippen LogP contribution is 2.43. The maximum absolute atomic E-state index is 12.5. The molecule has 1 aromatic carbocycles. The fraction of sp³-hybridized carbons (Fsp3) is 0.850. The molecule has 0 aromatic heterocycles. The van der Waals surface area contributed by atoms with E-state index >= 15 is 0 Å². The number of benzene rings is 1. The molecular weight excluding hydrogens is 657 g/mol. The first-order valence-corrected chi connectivity index (χ1v) is 28.3. The highest BCUT2D eigenvalue weighted by Gasteiger charge is 2.52. The van der Waals surface area contributed by atoms with Crippen molar-refractivity contribution in [3.05, 3.63) is 34.9 Å². The fourth-order valence-corrected chi connectivity index (χ4v) is 10.3. The van der Waals surface area contributed by atoms with Crippen molar-refractivity contribution >= 4 is 25.0 Å². The Kier molecular flexibility index (Phi) is 14.3. The number of nitrogens with two attached hydrogens (primary N) is 1. The van der Waals surface area contributed by atoms with Crippen LogP contribution < -0.4 is 5.73 Å². The summed E-state index contributed by atoms with van der Waals surface area (Å²) in [6.45, 7) is 37.2. The maximum atomic E-state index is 12.5. The molecule has 0 radical (unpaired) electrons. The molecule has 6 nitrogen and oxygen atoms in total. The topological polar surface area (TPSA) is 77.2 Å². The molecule has 284 valence electrons. The van der Waals surface area contributed by atoms with Crippen LogP contribution in [0.4, 0.5) is 0 Å². The molecule has 2 unspecified atom stereocenters. The third-order valence-corrected chi connectivity index (χ3v) is 26.6. The molecule has 1 heterocycles. The smallest absolute Gasteiger partial charge is 0.192 e. The van der Waals surface area contributed by atoms with Crippen LogP contribution in [0.2, 0.25) is 54.4 Å². The lowest BCUT2D eigenvalue weighted by molar-refractivity contribution is -0.133. The minimum Gasteiger partial charge on any atom is -0.415 e. The van der Waals surface area contributed by atoms with Gasteiger partial charge in [0.2, 0.25) is 0 Å². The number of hydrogen-bond acceptors (Lipinski definition) is 6. The number of nitrogens with zero attached hydrogens (tertiary/aromatic N) is 1. The third-order valence-electron chi connectivity index (χ3n) is 13.2. The van der Waals surface area contributed by atoms with Crippen LogP contribution in [0.1, 0.15) is 117 Å². The van der Waals surface area contributed by atoms with Crippen molar-refractivity contribution in [2.75, 3.05) is 26.2 Å². The Balaban J connectivity index is 2.03. The van der Waals surface area contributed by atoms with Crippen molar-refractivity contribution in [1.29, 1.82) is 0 Å². The van der Waals surface area contributed by atoms with Crippen LogP contribution in [-0.4, -0.2) is 85.6 Å². The predicted octanol–water partition coefficient (Wildman–Crippen LogP) is 9.63. The van der Waals surface area contributed by atoms with Gasteiger partial charge in [0.05, 0.1) is 31.0 Å². The molecule has 1 aliphatic carbocycles. The second kappa shape index (κ2) is 16.3. The Morgan fingerprint density at radius 2 is 1.24 bits per heavy atom. The Morgan fingerprint density at radius 3 is 1.76 bits per heavy atom. The standard InChI is InChI=1S/C40H78N2O4Si3/c1-38(2,3)47(10,11)44-29-34-36(43)37(46-49(14,15)40(7,8)9)35(45-48(12,13)39(4,5)6)28-42(34)24-22-31-25-30(21-23-41)26-33(27-31)32-19-17-16-18-20-32/h25-27,32,34-37,43H,16-24,28-29,41H2,1-15H3/t34-,35?,36-,37?/m1/s1. The van der Waals surface area contributed by atoms with Crippen molar-refractivity contribution < 1.29 is 18.4 Å². The van der Waals surface area contributed by atoms with Crippen LogP contribution in [-0.2, 0) is 26.1 Å². The zero-order valence-electron chi connectivity index (χ0n) is 34.6.